The molecule has 8 heteroatoms. The first-order valence-corrected chi connectivity index (χ1v) is 6.20. The van der Waals surface area contributed by atoms with Crippen LogP contribution < -0.4 is 16.6 Å². The zero-order chi connectivity index (χ0) is 14.7. The predicted octanol–water partition coefficient (Wildman–Crippen LogP) is 2.66. The maximum absolute atomic E-state index is 13.9. The van der Waals surface area contributed by atoms with Gasteiger partial charge >= 0.3 is 0 Å². The number of nitrogens with two attached hydrogens (primary N) is 1. The van der Waals surface area contributed by atoms with Gasteiger partial charge in [0.15, 0.2) is 11.6 Å². The summed E-state index contributed by atoms with van der Waals surface area (Å²) in [5.41, 5.74) is 1.65. The zero-order valence-electron chi connectivity index (χ0n) is 9.95. The number of carbonyl (C=O) groups excluding carboxylic acids is 1. The molecular formula is C12H9BrF2N4O. The molecule has 2 rings (SSSR count). The third-order valence-corrected chi connectivity index (χ3v) is 3.13. The van der Waals surface area contributed by atoms with Crippen LogP contribution in [0.3, 0.4) is 0 Å². The van der Waals surface area contributed by atoms with E-state index in [1.807, 2.05) is 5.43 Å². The van der Waals surface area contributed by atoms with Crippen LogP contribution in [0.2, 0.25) is 0 Å². The first-order chi connectivity index (χ1) is 9.54. The molecule has 0 saturated carbocycles. The molecule has 104 valence electrons. The molecule has 0 saturated heterocycles. The maximum atomic E-state index is 13.9. The second-order valence-electron chi connectivity index (χ2n) is 3.72. The van der Waals surface area contributed by atoms with Gasteiger partial charge in [-0.2, -0.15) is 0 Å². The number of nitrogens with one attached hydrogen (secondary N) is 2. The molecule has 0 atom stereocenters. The SMILES string of the molecule is NNc1nccc(C(=O)Nc2c(F)cccc2Br)c1F. The molecule has 0 unspecified atom stereocenters. The number of benzene rings is 1. The van der Waals surface area contributed by atoms with Gasteiger partial charge in [-0.1, -0.05) is 6.07 Å². The average Bonchev–Trinajstić information content (AvgIpc) is 2.43. The Morgan fingerprint density at radius 3 is 2.70 bits per heavy atom. The highest BCUT2D eigenvalue weighted by molar-refractivity contribution is 9.10. The standard InChI is InChI=1S/C12H9BrF2N4O/c13-7-2-1-3-8(14)10(7)18-12(20)6-4-5-17-11(19-16)9(6)15/h1-5H,16H2,(H,17,19)(H,18,20). The highest BCUT2D eigenvalue weighted by Gasteiger charge is 2.18. The van der Waals surface area contributed by atoms with Crippen molar-refractivity contribution in [3.63, 3.8) is 0 Å². The van der Waals surface area contributed by atoms with Crippen LogP contribution in [-0.4, -0.2) is 10.9 Å². The van der Waals surface area contributed by atoms with Crippen molar-refractivity contribution in [1.82, 2.24) is 4.98 Å². The fourth-order valence-corrected chi connectivity index (χ4v) is 1.96. The normalized spacial score (nSPS) is 10.2. The van der Waals surface area contributed by atoms with Gasteiger partial charge in [0.25, 0.3) is 5.91 Å². The van der Waals surface area contributed by atoms with Crippen molar-refractivity contribution in [2.24, 2.45) is 5.84 Å². The van der Waals surface area contributed by atoms with E-state index in [4.69, 9.17) is 5.84 Å². The highest BCUT2D eigenvalue weighted by atomic mass is 79.9. The Balaban J connectivity index is 2.34. The summed E-state index contributed by atoms with van der Waals surface area (Å²) < 4.78 is 27.8. The Hall–Kier alpha value is -2.06. The summed E-state index contributed by atoms with van der Waals surface area (Å²) >= 11 is 3.10. The van der Waals surface area contributed by atoms with Crippen LogP contribution in [0.4, 0.5) is 20.3 Å². The lowest BCUT2D eigenvalue weighted by molar-refractivity contribution is 0.102. The molecule has 1 aromatic heterocycles. The van der Waals surface area contributed by atoms with Crippen LogP contribution in [0.25, 0.3) is 0 Å². The first-order valence-electron chi connectivity index (χ1n) is 5.41. The van der Waals surface area contributed by atoms with Gasteiger partial charge in [0.2, 0.25) is 0 Å². The molecule has 0 radical (unpaired) electrons. The minimum absolute atomic E-state index is 0.0732. The number of rotatable bonds is 3. The third kappa shape index (κ3) is 2.75. The van der Waals surface area contributed by atoms with E-state index in [2.05, 4.69) is 26.2 Å². The number of anilines is 2. The number of aromatic nitrogens is 1. The molecule has 1 heterocycles. The van der Waals surface area contributed by atoms with Crippen LogP contribution in [0, 0.1) is 11.6 Å². The van der Waals surface area contributed by atoms with Crippen molar-refractivity contribution in [2.75, 3.05) is 10.7 Å². The van der Waals surface area contributed by atoms with E-state index in [0.29, 0.717) is 4.47 Å². The summed E-state index contributed by atoms with van der Waals surface area (Å²) in [4.78, 5) is 15.6. The van der Waals surface area contributed by atoms with E-state index in [1.54, 1.807) is 6.07 Å². The van der Waals surface area contributed by atoms with Crippen molar-refractivity contribution >= 4 is 33.3 Å². The molecule has 0 spiro atoms. The summed E-state index contributed by atoms with van der Waals surface area (Å²) in [5, 5.41) is 2.29. The summed E-state index contributed by atoms with van der Waals surface area (Å²) in [6.45, 7) is 0. The second-order valence-corrected chi connectivity index (χ2v) is 4.57. The molecule has 0 bridgehead atoms. The summed E-state index contributed by atoms with van der Waals surface area (Å²) in [6.07, 6.45) is 1.21. The van der Waals surface area contributed by atoms with Gasteiger partial charge in [-0.3, -0.25) is 4.79 Å². The monoisotopic (exact) mass is 342 g/mol. The number of hydrogen-bond acceptors (Lipinski definition) is 4. The fourth-order valence-electron chi connectivity index (χ4n) is 1.52. The van der Waals surface area contributed by atoms with Crippen molar-refractivity contribution < 1.29 is 13.6 Å². The van der Waals surface area contributed by atoms with Crippen molar-refractivity contribution in [1.29, 1.82) is 0 Å². The molecule has 5 nitrogen and oxygen atoms in total. The van der Waals surface area contributed by atoms with Crippen LogP contribution in [0.5, 0.6) is 0 Å². The van der Waals surface area contributed by atoms with Crippen molar-refractivity contribution in [3.05, 3.63) is 52.1 Å². The topological polar surface area (TPSA) is 80.0 Å². The Bertz CT molecular complexity index is 646. The minimum Gasteiger partial charge on any atom is -0.318 e. The van der Waals surface area contributed by atoms with E-state index < -0.39 is 17.5 Å². The number of halogens is 3. The van der Waals surface area contributed by atoms with E-state index in [-0.39, 0.29) is 17.1 Å². The van der Waals surface area contributed by atoms with Gasteiger partial charge < -0.3 is 10.7 Å². The lowest BCUT2D eigenvalue weighted by Gasteiger charge is -2.10. The molecule has 0 aliphatic heterocycles. The number of pyridine rings is 1. The molecule has 0 fully saturated rings. The molecule has 4 N–H and O–H groups in total. The Labute approximate surface area is 121 Å². The highest BCUT2D eigenvalue weighted by Crippen LogP contribution is 2.26. The lowest BCUT2D eigenvalue weighted by Crippen LogP contribution is -2.18. The number of hydrazine groups is 1. The molecule has 20 heavy (non-hydrogen) atoms. The fraction of sp³-hybridized carbons (Fsp3) is 0. The van der Waals surface area contributed by atoms with Gasteiger partial charge in [0, 0.05) is 10.7 Å². The number of para-hydroxylation sites is 1. The van der Waals surface area contributed by atoms with Crippen LogP contribution in [0.15, 0.2) is 34.9 Å². The quantitative estimate of drug-likeness (QED) is 0.591. The molecule has 0 aliphatic carbocycles. The smallest absolute Gasteiger partial charge is 0.258 e. The van der Waals surface area contributed by atoms with Gasteiger partial charge in [-0.25, -0.2) is 19.6 Å². The van der Waals surface area contributed by atoms with Crippen LogP contribution in [-0.2, 0) is 0 Å². The Kier molecular flexibility index (Phi) is 4.26. The van der Waals surface area contributed by atoms with E-state index in [0.717, 1.165) is 0 Å². The molecular weight excluding hydrogens is 334 g/mol. The van der Waals surface area contributed by atoms with Crippen molar-refractivity contribution in [3.8, 4) is 0 Å². The Morgan fingerprint density at radius 2 is 2.05 bits per heavy atom. The van der Waals surface area contributed by atoms with Gasteiger partial charge in [-0.15, -0.1) is 0 Å². The van der Waals surface area contributed by atoms with E-state index >= 15 is 0 Å². The lowest BCUT2D eigenvalue weighted by atomic mass is 10.2. The second kappa shape index (κ2) is 5.93. The number of amides is 1. The molecule has 1 amide bonds. The molecule has 2 aromatic rings. The largest absolute Gasteiger partial charge is 0.318 e. The number of hydrogen-bond donors (Lipinski definition) is 3. The van der Waals surface area contributed by atoms with E-state index in [1.165, 1.54) is 24.4 Å². The molecule has 1 aromatic carbocycles. The predicted molar refractivity (Wildman–Crippen MR) is 74.1 cm³/mol. The van der Waals surface area contributed by atoms with Gasteiger partial charge in [0.1, 0.15) is 5.82 Å². The average molecular weight is 343 g/mol. The van der Waals surface area contributed by atoms with Crippen LogP contribution >= 0.6 is 15.9 Å². The van der Waals surface area contributed by atoms with E-state index in [9.17, 15) is 13.6 Å². The first kappa shape index (κ1) is 14.4. The van der Waals surface area contributed by atoms with Gasteiger partial charge in [-0.05, 0) is 34.1 Å². The summed E-state index contributed by atoms with van der Waals surface area (Å²) in [7, 11) is 0. The zero-order valence-corrected chi connectivity index (χ0v) is 11.5. The number of carbonyl (C=O) groups is 1. The number of nitrogen functional groups attached to an aromatic ring is 1. The summed E-state index contributed by atoms with van der Waals surface area (Å²) in [5.74, 6) is 2.43. The maximum Gasteiger partial charge on any atom is 0.258 e. The third-order valence-electron chi connectivity index (χ3n) is 2.47. The van der Waals surface area contributed by atoms with Crippen LogP contribution in [0.1, 0.15) is 10.4 Å². The van der Waals surface area contributed by atoms with Gasteiger partial charge in [0.05, 0.1) is 11.3 Å². The molecule has 0 aliphatic rings. The number of nitrogens with zero attached hydrogens (tertiary/aromatic N) is 1. The summed E-state index contributed by atoms with van der Waals surface area (Å²) in [6, 6.07) is 5.36. The Morgan fingerprint density at radius 1 is 1.30 bits per heavy atom. The van der Waals surface area contributed by atoms with Crippen molar-refractivity contribution in [2.45, 2.75) is 0 Å². The minimum atomic E-state index is -0.917.